The van der Waals surface area contributed by atoms with Crippen molar-refractivity contribution in [1.82, 2.24) is 9.97 Å². The molecular formula is C9H11N2S. The van der Waals surface area contributed by atoms with E-state index in [9.17, 15) is 0 Å². The van der Waals surface area contributed by atoms with Crippen molar-refractivity contribution in [3.8, 4) is 0 Å². The van der Waals surface area contributed by atoms with Gasteiger partial charge in [0.15, 0.2) is 0 Å². The number of thiophene rings is 1. The molecule has 0 bridgehead atoms. The van der Waals surface area contributed by atoms with Crippen LogP contribution >= 0.6 is 11.3 Å². The van der Waals surface area contributed by atoms with E-state index in [1.165, 1.54) is 10.4 Å². The van der Waals surface area contributed by atoms with Crippen molar-refractivity contribution < 1.29 is 0 Å². The largest absolute Gasteiger partial charge is 0.344 e. The Bertz CT molecular complexity index is 361. The molecule has 63 valence electrons. The summed E-state index contributed by atoms with van der Waals surface area (Å²) in [6, 6.07) is 0. The van der Waals surface area contributed by atoms with Gasteiger partial charge in [-0.3, -0.25) is 0 Å². The van der Waals surface area contributed by atoms with Crippen LogP contribution in [-0.4, -0.2) is 9.97 Å². The molecule has 0 aromatic carbocycles. The van der Waals surface area contributed by atoms with Crippen LogP contribution in [0.1, 0.15) is 17.7 Å². The Kier molecular flexibility index (Phi) is 2.13. The zero-order chi connectivity index (χ0) is 8.39. The van der Waals surface area contributed by atoms with Crippen LogP contribution in [0.25, 0.3) is 11.0 Å². The monoisotopic (exact) mass is 179 g/mol. The molecule has 1 radical (unpaired) electrons. The van der Waals surface area contributed by atoms with E-state index in [4.69, 9.17) is 0 Å². The number of unbranched alkanes of at least 4 members (excludes halogenated alkanes) is 1. The molecule has 0 spiro atoms. The number of fused-ring (bicyclic) bond motifs is 1. The molecule has 3 heteroatoms. The highest BCUT2D eigenvalue weighted by atomic mass is 32.1. The maximum absolute atomic E-state index is 4.27. The van der Waals surface area contributed by atoms with Crippen molar-refractivity contribution in [3.05, 3.63) is 23.5 Å². The molecule has 0 saturated heterocycles. The zero-order valence-corrected chi connectivity index (χ0v) is 7.66. The third-order valence-corrected chi connectivity index (χ3v) is 2.94. The number of imidazole rings is 1. The number of nitrogens with one attached hydrogen (secondary N) is 1. The fourth-order valence-electron chi connectivity index (χ4n) is 1.27. The number of aromatic nitrogens is 2. The van der Waals surface area contributed by atoms with E-state index < -0.39 is 0 Å². The number of hydrogen-bond acceptors (Lipinski definition) is 2. The third-order valence-electron chi connectivity index (χ3n) is 1.91. The van der Waals surface area contributed by atoms with Gasteiger partial charge in [-0.2, -0.15) is 0 Å². The van der Waals surface area contributed by atoms with Gasteiger partial charge in [-0.05, 0) is 12.8 Å². The van der Waals surface area contributed by atoms with Gasteiger partial charge in [0.05, 0.1) is 11.8 Å². The Morgan fingerprint density at radius 2 is 2.50 bits per heavy atom. The minimum Gasteiger partial charge on any atom is -0.344 e. The Balaban J connectivity index is 2.28. The van der Waals surface area contributed by atoms with Crippen LogP contribution in [0.4, 0.5) is 0 Å². The molecule has 0 saturated carbocycles. The van der Waals surface area contributed by atoms with E-state index in [-0.39, 0.29) is 0 Å². The number of hydrogen-bond donors (Lipinski definition) is 1. The molecule has 0 fully saturated rings. The normalized spacial score (nSPS) is 11.1. The van der Waals surface area contributed by atoms with E-state index in [0.29, 0.717) is 0 Å². The van der Waals surface area contributed by atoms with Gasteiger partial charge in [0.1, 0.15) is 5.52 Å². The third kappa shape index (κ3) is 1.25. The molecule has 0 atom stereocenters. The van der Waals surface area contributed by atoms with Gasteiger partial charge in [0, 0.05) is 10.3 Å². The molecule has 12 heavy (non-hydrogen) atoms. The number of aromatic amines is 1. The smallest absolute Gasteiger partial charge is 0.102 e. The molecule has 2 rings (SSSR count). The maximum Gasteiger partial charge on any atom is 0.102 e. The average molecular weight is 179 g/mol. The number of rotatable bonds is 3. The lowest BCUT2D eigenvalue weighted by Crippen LogP contribution is -1.79. The van der Waals surface area contributed by atoms with Crippen LogP contribution in [0.2, 0.25) is 0 Å². The van der Waals surface area contributed by atoms with Crippen LogP contribution in [-0.2, 0) is 6.42 Å². The summed E-state index contributed by atoms with van der Waals surface area (Å²) in [6.07, 6.45) is 5.03. The summed E-state index contributed by atoms with van der Waals surface area (Å²) in [5.41, 5.74) is 2.31. The summed E-state index contributed by atoms with van der Waals surface area (Å²) in [5, 5.41) is 2.13. The topological polar surface area (TPSA) is 28.7 Å². The summed E-state index contributed by atoms with van der Waals surface area (Å²) >= 11 is 1.79. The summed E-state index contributed by atoms with van der Waals surface area (Å²) in [5.74, 6) is 0. The number of nitrogens with zero attached hydrogens (tertiary/aromatic N) is 1. The van der Waals surface area contributed by atoms with Gasteiger partial charge in [-0.1, -0.05) is 13.3 Å². The van der Waals surface area contributed by atoms with E-state index >= 15 is 0 Å². The first-order chi connectivity index (χ1) is 5.92. The molecule has 2 aromatic rings. The highest BCUT2D eigenvalue weighted by Gasteiger charge is 2.04. The van der Waals surface area contributed by atoms with Crippen molar-refractivity contribution in [2.45, 2.75) is 19.3 Å². The summed E-state index contributed by atoms with van der Waals surface area (Å²) in [6.45, 7) is 3.83. The fourth-order valence-corrected chi connectivity index (χ4v) is 2.24. The molecule has 2 heterocycles. The van der Waals surface area contributed by atoms with Crippen LogP contribution in [0.5, 0.6) is 0 Å². The van der Waals surface area contributed by atoms with Crippen LogP contribution < -0.4 is 0 Å². The minimum absolute atomic E-state index is 1.00. The van der Waals surface area contributed by atoms with Gasteiger partial charge in [0.25, 0.3) is 0 Å². The Morgan fingerprint density at radius 3 is 3.33 bits per heavy atom. The lowest BCUT2D eigenvalue weighted by molar-refractivity contribution is 0.855. The summed E-state index contributed by atoms with van der Waals surface area (Å²) in [4.78, 5) is 8.75. The summed E-state index contributed by atoms with van der Waals surface area (Å²) in [7, 11) is 0. The molecule has 0 unspecified atom stereocenters. The molecular weight excluding hydrogens is 168 g/mol. The quantitative estimate of drug-likeness (QED) is 0.771. The Labute approximate surface area is 75.6 Å². The average Bonchev–Trinajstić information content (AvgIpc) is 2.62. The molecule has 0 aliphatic carbocycles. The van der Waals surface area contributed by atoms with E-state index in [1.54, 1.807) is 17.7 Å². The Morgan fingerprint density at radius 1 is 1.58 bits per heavy atom. The molecule has 1 N–H and O–H groups in total. The fraction of sp³-hybridized carbons (Fsp3) is 0.333. The SMILES string of the molecule is [CH2]CCCc1scc2[nH]cnc12. The lowest BCUT2D eigenvalue weighted by atomic mass is 10.2. The van der Waals surface area contributed by atoms with Gasteiger partial charge >= 0.3 is 0 Å². The van der Waals surface area contributed by atoms with Crippen LogP contribution in [0, 0.1) is 6.92 Å². The summed E-state index contributed by atoms with van der Waals surface area (Å²) < 4.78 is 0. The number of H-pyrrole nitrogens is 1. The van der Waals surface area contributed by atoms with E-state index in [0.717, 1.165) is 24.8 Å². The minimum atomic E-state index is 1.00. The predicted molar refractivity (Wildman–Crippen MR) is 52.3 cm³/mol. The first-order valence-corrected chi connectivity index (χ1v) is 4.98. The van der Waals surface area contributed by atoms with Gasteiger partial charge in [-0.15, -0.1) is 11.3 Å². The highest BCUT2D eigenvalue weighted by Crippen LogP contribution is 2.23. The first kappa shape index (κ1) is 7.80. The lowest BCUT2D eigenvalue weighted by Gasteiger charge is -1.92. The zero-order valence-electron chi connectivity index (χ0n) is 6.84. The second kappa shape index (κ2) is 3.27. The maximum atomic E-state index is 4.27. The molecule has 0 aliphatic rings. The predicted octanol–water partition coefficient (Wildman–Crippen LogP) is 2.78. The first-order valence-electron chi connectivity index (χ1n) is 4.10. The second-order valence-corrected chi connectivity index (χ2v) is 3.75. The molecule has 2 aromatic heterocycles. The van der Waals surface area contributed by atoms with Crippen molar-refractivity contribution in [3.63, 3.8) is 0 Å². The number of aryl methyl sites for hydroxylation is 1. The van der Waals surface area contributed by atoms with E-state index in [1.807, 2.05) is 0 Å². The Hall–Kier alpha value is -0.830. The standard InChI is InChI=1S/C9H11N2S/c1-2-3-4-8-9-7(5-12-8)10-6-11-9/h5-6H,1-4H2,(H,10,11). The van der Waals surface area contributed by atoms with Gasteiger partial charge in [0.2, 0.25) is 0 Å². The molecule has 0 aliphatic heterocycles. The van der Waals surface area contributed by atoms with Crippen molar-refractivity contribution in [1.29, 1.82) is 0 Å². The van der Waals surface area contributed by atoms with Crippen molar-refractivity contribution in [2.24, 2.45) is 0 Å². The second-order valence-electron chi connectivity index (χ2n) is 2.78. The molecule has 0 amide bonds. The van der Waals surface area contributed by atoms with Crippen LogP contribution in [0.3, 0.4) is 0 Å². The van der Waals surface area contributed by atoms with Crippen molar-refractivity contribution >= 4 is 22.4 Å². The van der Waals surface area contributed by atoms with Gasteiger partial charge in [-0.25, -0.2) is 4.98 Å². The van der Waals surface area contributed by atoms with E-state index in [2.05, 4.69) is 22.3 Å². The molecule has 2 nitrogen and oxygen atoms in total. The van der Waals surface area contributed by atoms with Gasteiger partial charge < -0.3 is 4.98 Å². The van der Waals surface area contributed by atoms with Crippen molar-refractivity contribution in [2.75, 3.05) is 0 Å². The van der Waals surface area contributed by atoms with Crippen LogP contribution in [0.15, 0.2) is 11.7 Å². The highest BCUT2D eigenvalue weighted by molar-refractivity contribution is 7.11.